The molecule has 5 N–H and O–H groups in total. The molecule has 0 radical (unpaired) electrons. The molecule has 1 aromatic heterocycles. The van der Waals surface area contributed by atoms with Crippen LogP contribution in [0.15, 0.2) is 12.1 Å². The first-order valence-corrected chi connectivity index (χ1v) is 6.17. The zero-order valence-electron chi connectivity index (χ0n) is 11.0. The van der Waals surface area contributed by atoms with E-state index in [1.54, 1.807) is 12.1 Å². The molecule has 0 bridgehead atoms. The summed E-state index contributed by atoms with van der Waals surface area (Å²) >= 11 is 6.19. The fourth-order valence-corrected chi connectivity index (χ4v) is 2.28. The monoisotopic (exact) mass is 288 g/mol. The van der Waals surface area contributed by atoms with Crippen LogP contribution in [0.1, 0.15) is 16.7 Å². The third kappa shape index (κ3) is 2.37. The molecule has 0 aliphatic heterocycles. The van der Waals surface area contributed by atoms with Gasteiger partial charge in [-0.3, -0.25) is 5.43 Å². The van der Waals surface area contributed by atoms with E-state index in [9.17, 15) is 0 Å². The average Bonchev–Trinajstić information content (AvgIpc) is 2.42. The largest absolute Gasteiger partial charge is 0.382 e. The number of benzene rings is 1. The first-order chi connectivity index (χ1) is 9.47. The molecule has 1 aromatic carbocycles. The summed E-state index contributed by atoms with van der Waals surface area (Å²) in [6.45, 7) is 3.76. The van der Waals surface area contributed by atoms with E-state index >= 15 is 0 Å². The van der Waals surface area contributed by atoms with Crippen LogP contribution in [0.3, 0.4) is 0 Å². The molecule has 0 fully saturated rings. The number of rotatable bonds is 2. The molecule has 0 saturated carbocycles. The molecule has 0 atom stereocenters. The fraction of sp³-hybridized carbons (Fsp3) is 0.154. The van der Waals surface area contributed by atoms with Gasteiger partial charge in [-0.15, -0.1) is 0 Å². The summed E-state index contributed by atoms with van der Waals surface area (Å²) in [7, 11) is 0. The minimum Gasteiger partial charge on any atom is -0.382 e. The topological polar surface area (TPSA) is 114 Å². The van der Waals surface area contributed by atoms with Gasteiger partial charge in [-0.05, 0) is 37.1 Å². The Morgan fingerprint density at radius 2 is 1.85 bits per heavy atom. The van der Waals surface area contributed by atoms with E-state index in [0.717, 1.165) is 16.7 Å². The van der Waals surface area contributed by atoms with Crippen LogP contribution in [-0.4, -0.2) is 9.97 Å². The molecule has 0 saturated heterocycles. The van der Waals surface area contributed by atoms with Crippen molar-refractivity contribution in [1.29, 1.82) is 5.26 Å². The molecular weight excluding hydrogens is 276 g/mol. The number of hydrazine groups is 1. The van der Waals surface area contributed by atoms with Gasteiger partial charge in [0.1, 0.15) is 10.8 Å². The van der Waals surface area contributed by atoms with Gasteiger partial charge >= 0.3 is 0 Å². The van der Waals surface area contributed by atoms with Crippen LogP contribution in [-0.2, 0) is 0 Å². The quantitative estimate of drug-likeness (QED) is 0.576. The number of hydrogen-bond acceptors (Lipinski definition) is 6. The molecule has 0 amide bonds. The Morgan fingerprint density at radius 3 is 2.35 bits per heavy atom. The maximum absolute atomic E-state index is 8.98. The SMILES string of the molecule is Cc1cc(C#N)cc(C)c1-c1nc(NN)nc(N)c1Cl. The Balaban J connectivity index is 2.75. The number of nitriles is 1. The number of nitrogens with two attached hydrogens (primary N) is 2. The third-order valence-corrected chi connectivity index (χ3v) is 3.28. The smallest absolute Gasteiger partial charge is 0.239 e. The lowest BCUT2D eigenvalue weighted by atomic mass is 9.97. The van der Waals surface area contributed by atoms with Crippen molar-refractivity contribution >= 4 is 23.4 Å². The molecular formula is C13H13ClN6. The Bertz CT molecular complexity index is 697. The van der Waals surface area contributed by atoms with Crippen LogP contribution in [0.5, 0.6) is 0 Å². The second-order valence-corrected chi connectivity index (χ2v) is 4.71. The molecule has 7 heteroatoms. The van der Waals surface area contributed by atoms with E-state index < -0.39 is 0 Å². The van der Waals surface area contributed by atoms with Gasteiger partial charge in [-0.25, -0.2) is 10.8 Å². The summed E-state index contributed by atoms with van der Waals surface area (Å²) in [5.74, 6) is 5.65. The zero-order chi connectivity index (χ0) is 14.9. The Kier molecular flexibility index (Phi) is 3.74. The Hall–Kier alpha value is -2.36. The van der Waals surface area contributed by atoms with Crippen molar-refractivity contribution < 1.29 is 0 Å². The van der Waals surface area contributed by atoms with Gasteiger partial charge in [0.15, 0.2) is 0 Å². The minimum atomic E-state index is 0.146. The molecule has 0 aliphatic rings. The molecule has 0 spiro atoms. The predicted molar refractivity (Wildman–Crippen MR) is 78.9 cm³/mol. The molecule has 1 heterocycles. The van der Waals surface area contributed by atoms with Crippen molar-refractivity contribution in [3.05, 3.63) is 33.8 Å². The van der Waals surface area contributed by atoms with Gasteiger partial charge in [0.05, 0.1) is 17.3 Å². The summed E-state index contributed by atoms with van der Waals surface area (Å²) in [6, 6.07) is 5.65. The third-order valence-electron chi connectivity index (χ3n) is 2.90. The summed E-state index contributed by atoms with van der Waals surface area (Å²) in [4.78, 5) is 8.17. The Morgan fingerprint density at radius 1 is 1.25 bits per heavy atom. The number of nitrogens with zero attached hydrogens (tertiary/aromatic N) is 3. The first-order valence-electron chi connectivity index (χ1n) is 5.79. The second kappa shape index (κ2) is 5.33. The number of nitrogens with one attached hydrogen (secondary N) is 1. The molecule has 20 heavy (non-hydrogen) atoms. The van der Waals surface area contributed by atoms with Gasteiger partial charge in [-0.2, -0.15) is 10.2 Å². The normalized spacial score (nSPS) is 10.2. The van der Waals surface area contributed by atoms with E-state index in [1.807, 2.05) is 13.8 Å². The summed E-state index contributed by atoms with van der Waals surface area (Å²) in [6.07, 6.45) is 0. The van der Waals surface area contributed by atoms with E-state index in [2.05, 4.69) is 21.5 Å². The van der Waals surface area contributed by atoms with E-state index in [-0.39, 0.29) is 16.8 Å². The molecule has 0 aliphatic carbocycles. The molecule has 2 rings (SSSR count). The minimum absolute atomic E-state index is 0.146. The van der Waals surface area contributed by atoms with Crippen molar-refractivity contribution in [3.8, 4) is 17.3 Å². The Labute approximate surface area is 121 Å². The van der Waals surface area contributed by atoms with Gasteiger partial charge in [0.25, 0.3) is 0 Å². The fourth-order valence-electron chi connectivity index (χ4n) is 2.10. The van der Waals surface area contributed by atoms with Crippen LogP contribution < -0.4 is 17.0 Å². The second-order valence-electron chi connectivity index (χ2n) is 4.34. The highest BCUT2D eigenvalue weighted by molar-refractivity contribution is 6.35. The highest BCUT2D eigenvalue weighted by atomic mass is 35.5. The van der Waals surface area contributed by atoms with Crippen molar-refractivity contribution in [3.63, 3.8) is 0 Å². The lowest BCUT2D eigenvalue weighted by molar-refractivity contribution is 1.12. The molecule has 6 nitrogen and oxygen atoms in total. The number of aromatic nitrogens is 2. The number of anilines is 2. The van der Waals surface area contributed by atoms with E-state index in [0.29, 0.717) is 11.3 Å². The van der Waals surface area contributed by atoms with E-state index in [1.165, 1.54) is 0 Å². The van der Waals surface area contributed by atoms with Gasteiger partial charge in [0.2, 0.25) is 5.95 Å². The lowest BCUT2D eigenvalue weighted by Crippen LogP contribution is -2.12. The van der Waals surface area contributed by atoms with Crippen LogP contribution in [0.25, 0.3) is 11.3 Å². The van der Waals surface area contributed by atoms with Crippen molar-refractivity contribution in [2.24, 2.45) is 5.84 Å². The van der Waals surface area contributed by atoms with Crippen molar-refractivity contribution in [2.45, 2.75) is 13.8 Å². The van der Waals surface area contributed by atoms with Crippen LogP contribution >= 0.6 is 11.6 Å². The van der Waals surface area contributed by atoms with Gasteiger partial charge < -0.3 is 5.73 Å². The number of nitrogen functional groups attached to an aromatic ring is 2. The van der Waals surface area contributed by atoms with Crippen molar-refractivity contribution in [1.82, 2.24) is 9.97 Å². The highest BCUT2D eigenvalue weighted by Crippen LogP contribution is 2.35. The maximum Gasteiger partial charge on any atom is 0.239 e. The zero-order valence-corrected chi connectivity index (χ0v) is 11.8. The lowest BCUT2D eigenvalue weighted by Gasteiger charge is -2.13. The first kappa shape index (κ1) is 14.1. The standard InChI is InChI=1S/C13H13ClN6/c1-6-3-8(5-15)4-7(2)9(6)11-10(14)12(16)19-13(18-11)20-17/h3-4H,17H2,1-2H3,(H3,16,18,19,20). The number of halogens is 1. The number of aryl methyl sites for hydroxylation is 2. The molecule has 102 valence electrons. The van der Waals surface area contributed by atoms with Gasteiger partial charge in [0, 0.05) is 5.56 Å². The predicted octanol–water partition coefficient (Wildman–Crippen LogP) is 2.15. The average molecular weight is 289 g/mol. The summed E-state index contributed by atoms with van der Waals surface area (Å²) in [5.41, 5.74) is 11.8. The number of hydrogen-bond donors (Lipinski definition) is 3. The van der Waals surface area contributed by atoms with Crippen LogP contribution in [0, 0.1) is 25.2 Å². The highest BCUT2D eigenvalue weighted by Gasteiger charge is 2.16. The summed E-state index contributed by atoms with van der Waals surface area (Å²) in [5, 5.41) is 9.24. The summed E-state index contributed by atoms with van der Waals surface area (Å²) < 4.78 is 0. The van der Waals surface area contributed by atoms with E-state index in [4.69, 9.17) is 28.4 Å². The molecule has 0 unspecified atom stereocenters. The van der Waals surface area contributed by atoms with Crippen LogP contribution in [0.2, 0.25) is 5.02 Å². The van der Waals surface area contributed by atoms with Gasteiger partial charge in [-0.1, -0.05) is 11.6 Å². The maximum atomic E-state index is 8.98. The molecule has 2 aromatic rings. The van der Waals surface area contributed by atoms with Crippen molar-refractivity contribution in [2.75, 3.05) is 11.2 Å². The van der Waals surface area contributed by atoms with Crippen LogP contribution in [0.4, 0.5) is 11.8 Å².